The third kappa shape index (κ3) is 3.93. The van der Waals surface area contributed by atoms with Gasteiger partial charge >= 0.3 is 0 Å². The van der Waals surface area contributed by atoms with E-state index in [1.807, 2.05) is 25.1 Å². The highest BCUT2D eigenvalue weighted by Gasteiger charge is 2.21. The van der Waals surface area contributed by atoms with Crippen LogP contribution in [-0.2, 0) is 0 Å². The zero-order valence-corrected chi connectivity index (χ0v) is 14.4. The van der Waals surface area contributed by atoms with Crippen LogP contribution >= 0.6 is 12.2 Å². The average Bonchev–Trinajstić information content (AvgIpc) is 3.02. The first kappa shape index (κ1) is 16.1. The Morgan fingerprint density at radius 2 is 2.00 bits per heavy atom. The van der Waals surface area contributed by atoms with Gasteiger partial charge in [0.25, 0.3) is 0 Å². The summed E-state index contributed by atoms with van der Waals surface area (Å²) in [5.41, 5.74) is 4.79. The minimum atomic E-state index is 0.279. The second-order valence-corrected chi connectivity index (χ2v) is 6.63. The Kier molecular flexibility index (Phi) is 5.00. The summed E-state index contributed by atoms with van der Waals surface area (Å²) in [5.74, 6) is 2.19. The van der Waals surface area contributed by atoms with Gasteiger partial charge in [-0.3, -0.25) is 5.43 Å². The lowest BCUT2D eigenvalue weighted by Crippen LogP contribution is -2.44. The summed E-state index contributed by atoms with van der Waals surface area (Å²) in [5, 5.41) is 8.35. The minimum absolute atomic E-state index is 0.279. The molecule has 1 aliphatic heterocycles. The van der Waals surface area contributed by atoms with Crippen molar-refractivity contribution in [2.45, 2.75) is 45.6 Å². The molecule has 1 aliphatic carbocycles. The molecule has 3 rings (SSSR count). The Labute approximate surface area is 142 Å². The fourth-order valence-electron chi connectivity index (χ4n) is 3.05. The topological polar surface area (TPSA) is 54.9 Å². The molecule has 1 fully saturated rings. The average molecular weight is 333 g/mol. The van der Waals surface area contributed by atoms with Crippen LogP contribution < -0.4 is 20.2 Å². The molecule has 2 N–H and O–H groups in total. The van der Waals surface area contributed by atoms with Crippen molar-refractivity contribution in [3.05, 3.63) is 23.8 Å². The van der Waals surface area contributed by atoms with Crippen molar-refractivity contribution >= 4 is 23.0 Å². The van der Waals surface area contributed by atoms with Crippen LogP contribution in [0.1, 0.15) is 45.1 Å². The molecular weight excluding hydrogens is 310 g/mol. The van der Waals surface area contributed by atoms with Crippen molar-refractivity contribution in [1.29, 1.82) is 0 Å². The van der Waals surface area contributed by atoms with E-state index < -0.39 is 0 Å². The largest absolute Gasteiger partial charge is 0.454 e. The predicted octanol–water partition coefficient (Wildman–Crippen LogP) is 3.18. The van der Waals surface area contributed by atoms with Crippen LogP contribution in [0.15, 0.2) is 23.3 Å². The predicted molar refractivity (Wildman–Crippen MR) is 95.1 cm³/mol. The first-order chi connectivity index (χ1) is 11.1. The third-order valence-electron chi connectivity index (χ3n) is 4.54. The Balaban J connectivity index is 1.57. The summed E-state index contributed by atoms with van der Waals surface area (Å²) < 4.78 is 10.7. The Bertz CT molecular complexity index is 618. The van der Waals surface area contributed by atoms with E-state index in [1.165, 1.54) is 25.7 Å². The molecule has 0 unspecified atom stereocenters. The highest BCUT2D eigenvalue weighted by molar-refractivity contribution is 7.80. The maximum atomic E-state index is 5.39. The van der Waals surface area contributed by atoms with Gasteiger partial charge in [0.15, 0.2) is 16.6 Å². The molecule has 2 aliphatic rings. The number of nitrogens with zero attached hydrogens (tertiary/aromatic N) is 1. The van der Waals surface area contributed by atoms with E-state index in [-0.39, 0.29) is 6.79 Å². The molecule has 1 saturated carbocycles. The van der Waals surface area contributed by atoms with E-state index in [1.54, 1.807) is 0 Å². The van der Waals surface area contributed by atoms with Crippen LogP contribution in [0, 0.1) is 5.92 Å². The van der Waals surface area contributed by atoms with Gasteiger partial charge in [0.2, 0.25) is 6.79 Å². The molecule has 0 amide bonds. The molecular formula is C17H23N3O2S. The smallest absolute Gasteiger partial charge is 0.231 e. The first-order valence-corrected chi connectivity index (χ1v) is 8.55. The lowest BCUT2D eigenvalue weighted by molar-refractivity contribution is 0.174. The molecule has 1 aromatic carbocycles. The van der Waals surface area contributed by atoms with Crippen LogP contribution in [0.5, 0.6) is 11.5 Å². The number of thiocarbonyl (C=S) groups is 1. The molecule has 23 heavy (non-hydrogen) atoms. The van der Waals surface area contributed by atoms with Gasteiger partial charge in [-0.05, 0) is 56.1 Å². The zero-order chi connectivity index (χ0) is 16.2. The number of ether oxygens (including phenoxy) is 2. The monoisotopic (exact) mass is 333 g/mol. The Morgan fingerprint density at radius 3 is 2.83 bits per heavy atom. The normalized spacial score (nSPS) is 23.5. The summed E-state index contributed by atoms with van der Waals surface area (Å²) in [6, 6.07) is 6.25. The molecule has 6 heteroatoms. The third-order valence-corrected chi connectivity index (χ3v) is 4.75. The van der Waals surface area contributed by atoms with Crippen LogP contribution in [0.2, 0.25) is 0 Å². The molecule has 1 heterocycles. The Morgan fingerprint density at radius 1 is 1.22 bits per heavy atom. The van der Waals surface area contributed by atoms with Gasteiger partial charge in [-0.15, -0.1) is 0 Å². The summed E-state index contributed by atoms with van der Waals surface area (Å²) >= 11 is 5.36. The van der Waals surface area contributed by atoms with Crippen molar-refractivity contribution < 1.29 is 9.47 Å². The molecule has 0 saturated heterocycles. The number of rotatable bonds is 3. The van der Waals surface area contributed by atoms with E-state index in [2.05, 4.69) is 22.8 Å². The van der Waals surface area contributed by atoms with E-state index in [0.717, 1.165) is 22.8 Å². The van der Waals surface area contributed by atoms with Gasteiger partial charge in [-0.2, -0.15) is 5.10 Å². The van der Waals surface area contributed by atoms with Crippen molar-refractivity contribution in [3.63, 3.8) is 0 Å². The summed E-state index contributed by atoms with van der Waals surface area (Å²) in [6.45, 7) is 4.50. The molecule has 0 radical (unpaired) electrons. The van der Waals surface area contributed by atoms with Crippen molar-refractivity contribution in [2.24, 2.45) is 11.0 Å². The highest BCUT2D eigenvalue weighted by Crippen LogP contribution is 2.32. The summed E-state index contributed by atoms with van der Waals surface area (Å²) in [4.78, 5) is 0. The van der Waals surface area contributed by atoms with Gasteiger partial charge in [-0.1, -0.05) is 19.8 Å². The fraction of sp³-hybridized carbons (Fsp3) is 0.529. The second-order valence-electron chi connectivity index (χ2n) is 6.22. The Hall–Kier alpha value is -1.82. The standard InChI is InChI=1S/C17H23N3O2S/c1-11-5-3-4-6-14(11)18-17(23)20-19-12(2)13-7-8-15-16(9-13)22-10-21-15/h7-9,11,14H,3-6,10H2,1-2H3,(H2,18,20,23)/b19-12-/t11-,14+/m1/s1. The van der Waals surface area contributed by atoms with Crippen molar-refractivity contribution in [1.82, 2.24) is 10.7 Å². The van der Waals surface area contributed by atoms with E-state index >= 15 is 0 Å². The summed E-state index contributed by atoms with van der Waals surface area (Å²) in [7, 11) is 0. The number of nitrogens with one attached hydrogen (secondary N) is 2. The maximum Gasteiger partial charge on any atom is 0.231 e. The number of fused-ring (bicyclic) bond motifs is 1. The molecule has 1 aromatic rings. The van der Waals surface area contributed by atoms with E-state index in [4.69, 9.17) is 21.7 Å². The van der Waals surface area contributed by atoms with Gasteiger partial charge in [0, 0.05) is 11.6 Å². The first-order valence-electron chi connectivity index (χ1n) is 8.14. The molecule has 0 bridgehead atoms. The zero-order valence-electron chi connectivity index (χ0n) is 13.6. The molecule has 5 nitrogen and oxygen atoms in total. The second kappa shape index (κ2) is 7.17. The number of hydrogen-bond donors (Lipinski definition) is 2. The maximum absolute atomic E-state index is 5.39. The number of hydrogen-bond acceptors (Lipinski definition) is 4. The SMILES string of the molecule is C/C(=N/NC(=S)N[C@H]1CCCC[C@H]1C)c1ccc2c(c1)OCO2. The number of hydrazone groups is 1. The van der Waals surface area contributed by atoms with Gasteiger partial charge < -0.3 is 14.8 Å². The quantitative estimate of drug-likeness (QED) is 0.505. The lowest BCUT2D eigenvalue weighted by atomic mass is 9.86. The van der Waals surface area contributed by atoms with Gasteiger partial charge in [-0.25, -0.2) is 0 Å². The van der Waals surface area contributed by atoms with Gasteiger partial charge in [0.05, 0.1) is 5.71 Å². The van der Waals surface area contributed by atoms with Crippen LogP contribution in [0.3, 0.4) is 0 Å². The molecule has 0 aromatic heterocycles. The van der Waals surface area contributed by atoms with Gasteiger partial charge in [0.1, 0.15) is 0 Å². The molecule has 124 valence electrons. The fourth-order valence-corrected chi connectivity index (χ4v) is 3.25. The molecule has 0 spiro atoms. The van der Waals surface area contributed by atoms with Crippen LogP contribution in [0.25, 0.3) is 0 Å². The van der Waals surface area contributed by atoms with Crippen LogP contribution in [-0.4, -0.2) is 23.7 Å². The van der Waals surface area contributed by atoms with Crippen LogP contribution in [0.4, 0.5) is 0 Å². The minimum Gasteiger partial charge on any atom is -0.454 e. The van der Waals surface area contributed by atoms with E-state index in [9.17, 15) is 0 Å². The molecule has 2 atom stereocenters. The van der Waals surface area contributed by atoms with Crippen molar-refractivity contribution in [2.75, 3.05) is 6.79 Å². The summed E-state index contributed by atoms with van der Waals surface area (Å²) in [6.07, 6.45) is 5.03. The lowest BCUT2D eigenvalue weighted by Gasteiger charge is -2.30. The highest BCUT2D eigenvalue weighted by atomic mass is 32.1. The van der Waals surface area contributed by atoms with E-state index in [0.29, 0.717) is 17.1 Å². The number of benzene rings is 1. The van der Waals surface area contributed by atoms with Crippen molar-refractivity contribution in [3.8, 4) is 11.5 Å².